The van der Waals surface area contributed by atoms with Gasteiger partial charge in [-0.25, -0.2) is 0 Å². The van der Waals surface area contributed by atoms with Gasteiger partial charge >= 0.3 is 6.18 Å². The van der Waals surface area contributed by atoms with Crippen LogP contribution in [0.4, 0.5) is 24.5 Å². The van der Waals surface area contributed by atoms with Gasteiger partial charge in [0.15, 0.2) is 0 Å². The Morgan fingerprint density at radius 1 is 1.03 bits per heavy atom. The summed E-state index contributed by atoms with van der Waals surface area (Å²) in [5.41, 5.74) is 7.50. The third kappa shape index (κ3) is 5.17. The van der Waals surface area contributed by atoms with Crippen LogP contribution < -0.4 is 5.73 Å². The molecule has 2 N–H and O–H groups in total. The molecule has 2 aromatic carbocycles. The molecule has 0 aliphatic carbocycles. The molecule has 0 aliphatic heterocycles. The Morgan fingerprint density at radius 3 is 2.17 bits per heavy atom. The highest BCUT2D eigenvalue weighted by atomic mass is 35.5. The number of benzene rings is 2. The van der Waals surface area contributed by atoms with Crippen molar-refractivity contribution < 1.29 is 18.0 Å². The van der Waals surface area contributed by atoms with Gasteiger partial charge in [-0.3, -0.25) is 9.78 Å². The van der Waals surface area contributed by atoms with Gasteiger partial charge in [0.2, 0.25) is 5.78 Å². The Hall–Kier alpha value is -3.26. The summed E-state index contributed by atoms with van der Waals surface area (Å²) in [4.78, 5) is 15.6. The van der Waals surface area contributed by atoms with Gasteiger partial charge in [-0.1, -0.05) is 35.9 Å². The van der Waals surface area contributed by atoms with Gasteiger partial charge in [0, 0.05) is 11.9 Å². The normalized spacial score (nSPS) is 11.7. The zero-order valence-corrected chi connectivity index (χ0v) is 15.6. The highest BCUT2D eigenvalue weighted by Crippen LogP contribution is 2.31. The third-order valence-corrected chi connectivity index (χ3v) is 4.23. The smallest absolute Gasteiger partial charge is 0.399 e. The molecular weight excluding hydrogens is 405 g/mol. The molecular formula is C20H14ClF3N4O. The molecule has 0 radical (unpaired) electrons. The van der Waals surface area contributed by atoms with Crippen molar-refractivity contribution in [1.29, 1.82) is 0 Å². The minimum absolute atomic E-state index is 0.280. The van der Waals surface area contributed by atoms with Crippen molar-refractivity contribution in [2.45, 2.75) is 6.18 Å². The molecule has 0 bridgehead atoms. The molecule has 0 unspecified atom stereocenters. The summed E-state index contributed by atoms with van der Waals surface area (Å²) >= 11 is 5.75. The summed E-state index contributed by atoms with van der Waals surface area (Å²) in [5.74, 6) is -0.633. The highest BCUT2D eigenvalue weighted by molar-refractivity contribution is 6.33. The summed E-state index contributed by atoms with van der Waals surface area (Å²) in [6.45, 7) is -0.391. The number of alkyl halides is 3. The van der Waals surface area contributed by atoms with Gasteiger partial charge in [-0.15, -0.1) is 0 Å². The molecule has 3 aromatic rings. The number of nitrogens with two attached hydrogens (primary N) is 1. The molecule has 0 fully saturated rings. The van der Waals surface area contributed by atoms with Crippen molar-refractivity contribution in [3.8, 4) is 11.1 Å². The molecule has 0 saturated carbocycles. The molecule has 9 heteroatoms. The SMILES string of the molecule is Nc1ccc(-c2ccc(N=NCC(=O)c3ncc(C(F)(F)F)cc3Cl)cc2)cc1. The van der Waals surface area contributed by atoms with E-state index in [0.29, 0.717) is 23.6 Å². The molecule has 29 heavy (non-hydrogen) atoms. The lowest BCUT2D eigenvalue weighted by Crippen LogP contribution is -2.11. The van der Waals surface area contributed by atoms with Gasteiger partial charge in [0.25, 0.3) is 0 Å². The molecule has 0 spiro atoms. The van der Waals surface area contributed by atoms with E-state index >= 15 is 0 Å². The number of carbonyl (C=O) groups excluding carboxylic acids is 1. The number of azo groups is 1. The van der Waals surface area contributed by atoms with Crippen LogP contribution in [0.15, 0.2) is 71.0 Å². The largest absolute Gasteiger partial charge is 0.417 e. The Kier molecular flexibility index (Phi) is 5.93. The second-order valence-corrected chi connectivity index (χ2v) is 6.45. The van der Waals surface area contributed by atoms with Gasteiger partial charge in [0.05, 0.1) is 16.3 Å². The van der Waals surface area contributed by atoms with Crippen LogP contribution in [0.25, 0.3) is 11.1 Å². The summed E-state index contributed by atoms with van der Waals surface area (Å²) in [6, 6.07) is 15.2. The molecule has 0 aliphatic rings. The van der Waals surface area contributed by atoms with Crippen molar-refractivity contribution in [3.05, 3.63) is 77.1 Å². The lowest BCUT2D eigenvalue weighted by Gasteiger charge is -2.07. The van der Waals surface area contributed by atoms with Crippen molar-refractivity contribution in [2.75, 3.05) is 12.3 Å². The van der Waals surface area contributed by atoms with Gasteiger partial charge in [-0.2, -0.15) is 23.4 Å². The van der Waals surface area contributed by atoms with E-state index in [0.717, 1.165) is 11.1 Å². The van der Waals surface area contributed by atoms with E-state index < -0.39 is 24.1 Å². The molecule has 1 heterocycles. The fourth-order valence-electron chi connectivity index (χ4n) is 2.45. The molecule has 148 valence electrons. The van der Waals surface area contributed by atoms with Crippen LogP contribution in [0.1, 0.15) is 16.1 Å². The molecule has 0 atom stereocenters. The van der Waals surface area contributed by atoms with Crippen molar-refractivity contribution >= 4 is 28.8 Å². The molecule has 1 aromatic heterocycles. The van der Waals surface area contributed by atoms with Crippen LogP contribution in [0.3, 0.4) is 0 Å². The van der Waals surface area contributed by atoms with Crippen LogP contribution >= 0.6 is 11.6 Å². The standard InChI is InChI=1S/C20H14ClF3N4O/c21-17-9-14(20(22,23)24)10-26-19(17)18(29)11-27-28-16-7-3-13(4-8-16)12-1-5-15(25)6-2-12/h1-10H,11,25H2. The lowest BCUT2D eigenvalue weighted by atomic mass is 10.1. The summed E-state index contributed by atoms with van der Waals surface area (Å²) in [5, 5.41) is 7.34. The number of ketones is 1. The zero-order valence-electron chi connectivity index (χ0n) is 14.8. The minimum Gasteiger partial charge on any atom is -0.399 e. The number of nitrogens with zero attached hydrogens (tertiary/aromatic N) is 3. The van der Waals surface area contributed by atoms with Crippen LogP contribution in [0.2, 0.25) is 5.02 Å². The molecule has 0 amide bonds. The number of hydrogen-bond donors (Lipinski definition) is 1. The van der Waals surface area contributed by atoms with Gasteiger partial charge in [-0.05, 0) is 41.5 Å². The summed E-state index contributed by atoms with van der Waals surface area (Å²) < 4.78 is 37.9. The maximum Gasteiger partial charge on any atom is 0.417 e. The predicted octanol–water partition coefficient (Wildman–Crippen LogP) is 5.97. The Labute approximate surface area is 169 Å². The van der Waals surface area contributed by atoms with E-state index in [1.54, 1.807) is 24.3 Å². The van der Waals surface area contributed by atoms with E-state index in [9.17, 15) is 18.0 Å². The first kappa shape index (κ1) is 20.5. The van der Waals surface area contributed by atoms with E-state index in [2.05, 4.69) is 15.2 Å². The fourth-order valence-corrected chi connectivity index (χ4v) is 2.72. The molecule has 3 rings (SSSR count). The Bertz CT molecular complexity index is 1050. The first-order valence-corrected chi connectivity index (χ1v) is 8.71. The molecule has 5 nitrogen and oxygen atoms in total. The van der Waals surface area contributed by atoms with Crippen molar-refractivity contribution in [1.82, 2.24) is 4.98 Å². The van der Waals surface area contributed by atoms with Crippen molar-refractivity contribution in [3.63, 3.8) is 0 Å². The second-order valence-electron chi connectivity index (χ2n) is 6.04. The third-order valence-electron chi connectivity index (χ3n) is 3.94. The average molecular weight is 419 g/mol. The van der Waals surface area contributed by atoms with E-state index in [-0.39, 0.29) is 10.7 Å². The summed E-state index contributed by atoms with van der Waals surface area (Å²) in [6.07, 6.45) is -4.03. The van der Waals surface area contributed by atoms with E-state index in [1.807, 2.05) is 24.3 Å². The highest BCUT2D eigenvalue weighted by Gasteiger charge is 2.32. The zero-order chi connectivity index (χ0) is 21.0. The van der Waals surface area contributed by atoms with Gasteiger partial charge in [0.1, 0.15) is 12.2 Å². The quantitative estimate of drug-likeness (QED) is 0.315. The van der Waals surface area contributed by atoms with Gasteiger partial charge < -0.3 is 5.73 Å². The number of rotatable bonds is 5. The monoisotopic (exact) mass is 418 g/mol. The van der Waals surface area contributed by atoms with E-state index in [4.69, 9.17) is 17.3 Å². The predicted molar refractivity (Wildman–Crippen MR) is 104 cm³/mol. The van der Waals surface area contributed by atoms with Crippen LogP contribution in [0.5, 0.6) is 0 Å². The number of pyridine rings is 1. The fraction of sp³-hybridized carbons (Fsp3) is 0.100. The summed E-state index contributed by atoms with van der Waals surface area (Å²) in [7, 11) is 0. The van der Waals surface area contributed by atoms with Crippen LogP contribution in [0, 0.1) is 0 Å². The first-order chi connectivity index (χ1) is 13.7. The number of halogens is 4. The maximum atomic E-state index is 12.6. The number of hydrogen-bond acceptors (Lipinski definition) is 5. The number of aromatic nitrogens is 1. The second kappa shape index (κ2) is 8.40. The molecule has 0 saturated heterocycles. The van der Waals surface area contributed by atoms with E-state index in [1.165, 1.54) is 0 Å². The van der Waals surface area contributed by atoms with Crippen LogP contribution in [-0.2, 0) is 6.18 Å². The Balaban J connectivity index is 1.65. The van der Waals surface area contributed by atoms with Crippen LogP contribution in [-0.4, -0.2) is 17.3 Å². The lowest BCUT2D eigenvalue weighted by molar-refractivity contribution is -0.137. The minimum atomic E-state index is -4.59. The number of anilines is 1. The average Bonchev–Trinajstić information content (AvgIpc) is 2.68. The topological polar surface area (TPSA) is 80.7 Å². The maximum absolute atomic E-state index is 12.6. The van der Waals surface area contributed by atoms with Crippen molar-refractivity contribution in [2.24, 2.45) is 10.2 Å². The number of carbonyl (C=O) groups is 1. The first-order valence-electron chi connectivity index (χ1n) is 8.33. The number of Topliss-reactive ketones (excluding diaryl/α,β-unsaturated/α-hetero) is 1. The number of nitrogen functional groups attached to an aromatic ring is 1. The Morgan fingerprint density at radius 2 is 1.62 bits per heavy atom.